The fourth-order valence-electron chi connectivity index (χ4n) is 4.68. The molecule has 3 aliphatic rings. The summed E-state index contributed by atoms with van der Waals surface area (Å²) in [7, 11) is 0. The second-order valence-corrected chi connectivity index (χ2v) is 7.43. The lowest BCUT2D eigenvalue weighted by molar-refractivity contribution is -0.139. The topological polar surface area (TPSA) is 52.6 Å². The SMILES string of the molecule is CC1C(Cl)CCC2C3CN(C(=O)CO)[C@H](C)CC3NC12. The molecule has 2 saturated heterocycles. The molecule has 1 aliphatic carbocycles. The molecule has 4 nitrogen and oxygen atoms in total. The van der Waals surface area contributed by atoms with Crippen molar-refractivity contribution in [2.75, 3.05) is 13.2 Å². The van der Waals surface area contributed by atoms with Gasteiger partial charge in [-0.2, -0.15) is 0 Å². The van der Waals surface area contributed by atoms with Crippen LogP contribution in [0, 0.1) is 17.8 Å². The van der Waals surface area contributed by atoms with E-state index in [1.807, 2.05) is 4.90 Å². The monoisotopic (exact) mass is 300 g/mol. The van der Waals surface area contributed by atoms with Gasteiger partial charge in [-0.25, -0.2) is 0 Å². The molecule has 0 aromatic carbocycles. The number of alkyl halides is 1. The van der Waals surface area contributed by atoms with E-state index in [0.717, 1.165) is 25.8 Å². The molecular formula is C15H25ClN2O2. The molecule has 20 heavy (non-hydrogen) atoms. The maximum absolute atomic E-state index is 11.9. The summed E-state index contributed by atoms with van der Waals surface area (Å²) in [4.78, 5) is 13.8. The lowest BCUT2D eigenvalue weighted by atomic mass is 9.72. The molecule has 1 saturated carbocycles. The fraction of sp³-hybridized carbons (Fsp3) is 0.933. The molecule has 3 rings (SSSR count). The molecule has 2 N–H and O–H groups in total. The zero-order valence-corrected chi connectivity index (χ0v) is 13.0. The van der Waals surface area contributed by atoms with E-state index in [4.69, 9.17) is 16.7 Å². The Morgan fingerprint density at radius 1 is 1.35 bits per heavy atom. The van der Waals surface area contributed by atoms with Gasteiger partial charge >= 0.3 is 0 Å². The highest BCUT2D eigenvalue weighted by molar-refractivity contribution is 6.20. The van der Waals surface area contributed by atoms with Crippen LogP contribution in [0.15, 0.2) is 0 Å². The van der Waals surface area contributed by atoms with E-state index in [-0.39, 0.29) is 23.9 Å². The number of rotatable bonds is 1. The van der Waals surface area contributed by atoms with Crippen molar-refractivity contribution in [1.82, 2.24) is 10.2 Å². The van der Waals surface area contributed by atoms with Crippen LogP contribution in [0.1, 0.15) is 33.1 Å². The van der Waals surface area contributed by atoms with Crippen LogP contribution in [0.5, 0.6) is 0 Å². The third-order valence-corrected chi connectivity index (χ3v) is 6.45. The van der Waals surface area contributed by atoms with Gasteiger partial charge in [-0.05, 0) is 43.9 Å². The first kappa shape index (κ1) is 14.6. The Kier molecular flexibility index (Phi) is 3.99. The first-order valence-electron chi connectivity index (χ1n) is 7.83. The molecule has 1 amide bonds. The molecule has 0 aromatic heterocycles. The van der Waals surface area contributed by atoms with Gasteiger partial charge in [0, 0.05) is 30.0 Å². The average molecular weight is 301 g/mol. The number of aliphatic hydroxyl groups excluding tert-OH is 1. The number of hydrogen-bond acceptors (Lipinski definition) is 3. The molecule has 0 radical (unpaired) electrons. The van der Waals surface area contributed by atoms with Crippen molar-refractivity contribution in [2.24, 2.45) is 17.8 Å². The predicted molar refractivity (Wildman–Crippen MR) is 78.6 cm³/mol. The van der Waals surface area contributed by atoms with Crippen LogP contribution in [0.3, 0.4) is 0 Å². The quantitative estimate of drug-likeness (QED) is 0.716. The smallest absolute Gasteiger partial charge is 0.248 e. The van der Waals surface area contributed by atoms with Gasteiger partial charge in [0.25, 0.3) is 0 Å². The molecule has 7 atom stereocenters. The van der Waals surface area contributed by atoms with E-state index < -0.39 is 0 Å². The Hall–Kier alpha value is -0.320. The summed E-state index contributed by atoms with van der Waals surface area (Å²) in [6.45, 7) is 4.75. The van der Waals surface area contributed by atoms with E-state index in [2.05, 4.69) is 19.2 Å². The van der Waals surface area contributed by atoms with Crippen molar-refractivity contribution >= 4 is 17.5 Å². The second kappa shape index (κ2) is 5.47. The second-order valence-electron chi connectivity index (χ2n) is 6.87. The van der Waals surface area contributed by atoms with E-state index in [1.165, 1.54) is 0 Å². The Bertz CT molecular complexity index is 392. The summed E-state index contributed by atoms with van der Waals surface area (Å²) in [6, 6.07) is 1.22. The Labute approximate surface area is 125 Å². The van der Waals surface area contributed by atoms with Crippen LogP contribution in [-0.2, 0) is 4.79 Å². The lowest BCUT2D eigenvalue weighted by Crippen LogP contribution is -2.53. The molecule has 3 fully saturated rings. The summed E-state index contributed by atoms with van der Waals surface area (Å²) in [5.41, 5.74) is 0. The summed E-state index contributed by atoms with van der Waals surface area (Å²) in [5.74, 6) is 1.53. The molecular weight excluding hydrogens is 276 g/mol. The first-order chi connectivity index (χ1) is 9.52. The maximum Gasteiger partial charge on any atom is 0.248 e. The molecule has 0 bridgehead atoms. The molecule has 114 valence electrons. The van der Waals surface area contributed by atoms with Gasteiger partial charge in [0.1, 0.15) is 6.61 Å². The van der Waals surface area contributed by atoms with Gasteiger partial charge in [-0.15, -0.1) is 11.6 Å². The normalized spacial score (nSPS) is 47.8. The van der Waals surface area contributed by atoms with Crippen LogP contribution >= 0.6 is 11.6 Å². The Morgan fingerprint density at radius 3 is 2.80 bits per heavy atom. The highest BCUT2D eigenvalue weighted by Gasteiger charge is 2.51. The highest BCUT2D eigenvalue weighted by Crippen LogP contribution is 2.45. The summed E-state index contributed by atoms with van der Waals surface area (Å²) >= 11 is 6.42. The molecule has 6 unspecified atom stereocenters. The van der Waals surface area contributed by atoms with Crippen LogP contribution < -0.4 is 5.32 Å². The number of amides is 1. The van der Waals surface area contributed by atoms with Gasteiger partial charge in [-0.1, -0.05) is 6.92 Å². The lowest BCUT2D eigenvalue weighted by Gasteiger charge is -2.42. The number of fused-ring (bicyclic) bond motifs is 3. The number of carbonyl (C=O) groups excluding carboxylic acids is 1. The number of nitrogens with one attached hydrogen (secondary N) is 1. The molecule has 0 spiro atoms. The van der Waals surface area contributed by atoms with E-state index in [9.17, 15) is 4.79 Å². The maximum atomic E-state index is 11.9. The summed E-state index contributed by atoms with van der Waals surface area (Å²) in [5, 5.41) is 13.2. The number of piperidine rings is 1. The third kappa shape index (κ3) is 2.26. The van der Waals surface area contributed by atoms with Crippen LogP contribution in [0.4, 0.5) is 0 Å². The van der Waals surface area contributed by atoms with Crippen LogP contribution in [-0.4, -0.2) is 52.6 Å². The van der Waals surface area contributed by atoms with Crippen molar-refractivity contribution in [3.63, 3.8) is 0 Å². The Balaban J connectivity index is 1.77. The zero-order chi connectivity index (χ0) is 14.4. The van der Waals surface area contributed by atoms with Crippen LogP contribution in [0.2, 0.25) is 0 Å². The first-order valence-corrected chi connectivity index (χ1v) is 8.27. The van der Waals surface area contributed by atoms with Crippen LogP contribution in [0.25, 0.3) is 0 Å². The minimum Gasteiger partial charge on any atom is -0.387 e. The molecule has 2 heterocycles. The van der Waals surface area contributed by atoms with E-state index >= 15 is 0 Å². The predicted octanol–water partition coefficient (Wildman–Crippen LogP) is 1.21. The average Bonchev–Trinajstić information content (AvgIpc) is 2.79. The zero-order valence-electron chi connectivity index (χ0n) is 12.3. The minimum atomic E-state index is -0.372. The number of nitrogens with zero attached hydrogens (tertiary/aromatic N) is 1. The molecule has 2 aliphatic heterocycles. The van der Waals surface area contributed by atoms with E-state index in [1.54, 1.807) is 0 Å². The standard InChI is InChI=1S/C15H25ClN2O2/c1-8-5-13-11(6-18(8)14(20)7-19)10-3-4-12(16)9(2)15(10)17-13/h8-13,15,17,19H,3-7H2,1-2H3/t8-,9?,10?,11?,12?,13?,15?/m1/s1. The molecule has 5 heteroatoms. The minimum absolute atomic E-state index is 0.126. The summed E-state index contributed by atoms with van der Waals surface area (Å²) in [6.07, 6.45) is 3.23. The van der Waals surface area contributed by atoms with Gasteiger partial charge < -0.3 is 15.3 Å². The van der Waals surface area contributed by atoms with Crippen molar-refractivity contribution < 1.29 is 9.90 Å². The van der Waals surface area contributed by atoms with Crippen molar-refractivity contribution in [2.45, 2.75) is 56.6 Å². The number of likely N-dealkylation sites (tertiary alicyclic amines) is 1. The largest absolute Gasteiger partial charge is 0.387 e. The van der Waals surface area contributed by atoms with Crippen molar-refractivity contribution in [3.05, 3.63) is 0 Å². The van der Waals surface area contributed by atoms with Gasteiger partial charge in [0.2, 0.25) is 5.91 Å². The number of halogens is 1. The number of hydrogen-bond donors (Lipinski definition) is 2. The van der Waals surface area contributed by atoms with Crippen molar-refractivity contribution in [3.8, 4) is 0 Å². The number of aliphatic hydroxyl groups is 1. The Morgan fingerprint density at radius 2 is 2.10 bits per heavy atom. The van der Waals surface area contributed by atoms with Gasteiger partial charge in [0.05, 0.1) is 0 Å². The fourth-order valence-corrected chi connectivity index (χ4v) is 4.96. The van der Waals surface area contributed by atoms with E-state index in [0.29, 0.717) is 29.8 Å². The highest BCUT2D eigenvalue weighted by atomic mass is 35.5. The molecule has 0 aromatic rings. The third-order valence-electron chi connectivity index (χ3n) is 5.84. The van der Waals surface area contributed by atoms with Gasteiger partial charge in [0.15, 0.2) is 0 Å². The van der Waals surface area contributed by atoms with Gasteiger partial charge in [-0.3, -0.25) is 4.79 Å². The number of carbonyl (C=O) groups is 1. The van der Waals surface area contributed by atoms with Crippen molar-refractivity contribution in [1.29, 1.82) is 0 Å². The summed E-state index contributed by atoms with van der Waals surface area (Å²) < 4.78 is 0.